The summed E-state index contributed by atoms with van der Waals surface area (Å²) >= 11 is 2.23. The lowest BCUT2D eigenvalue weighted by atomic mass is 10.2. The summed E-state index contributed by atoms with van der Waals surface area (Å²) in [5.74, 6) is 0. The van der Waals surface area contributed by atoms with Crippen LogP contribution in [0.25, 0.3) is 0 Å². The number of para-hydroxylation sites is 1. The molecule has 0 aromatic heterocycles. The average molecular weight is 409 g/mol. The van der Waals surface area contributed by atoms with E-state index in [1.54, 1.807) is 4.90 Å². The van der Waals surface area contributed by atoms with E-state index in [1.807, 2.05) is 76.2 Å². The van der Waals surface area contributed by atoms with Crippen molar-refractivity contribution in [3.63, 3.8) is 0 Å². The van der Waals surface area contributed by atoms with Crippen LogP contribution in [-0.4, -0.2) is 11.7 Å². The van der Waals surface area contributed by atoms with Gasteiger partial charge in [-0.05, 0) is 74.6 Å². The Bertz CT molecular complexity index is 660. The molecule has 0 aliphatic rings. The van der Waals surface area contributed by atoms with Crippen molar-refractivity contribution in [2.75, 3.05) is 4.90 Å². The summed E-state index contributed by atoms with van der Waals surface area (Å²) in [6.45, 7) is 7.63. The fourth-order valence-corrected chi connectivity index (χ4v) is 2.61. The predicted octanol–water partition coefficient (Wildman–Crippen LogP) is 5.67. The van der Waals surface area contributed by atoms with Crippen LogP contribution in [0.1, 0.15) is 26.3 Å². The number of ether oxygens (including phenoxy) is 1. The minimum absolute atomic E-state index is 0.375. The molecular weight excluding hydrogens is 389 g/mol. The van der Waals surface area contributed by atoms with Crippen molar-refractivity contribution in [1.82, 2.24) is 0 Å². The molecule has 22 heavy (non-hydrogen) atoms. The van der Waals surface area contributed by atoms with E-state index >= 15 is 0 Å². The number of hydrogen-bond acceptors (Lipinski definition) is 2. The van der Waals surface area contributed by atoms with Gasteiger partial charge in [-0.2, -0.15) is 0 Å². The summed E-state index contributed by atoms with van der Waals surface area (Å²) in [6.07, 6.45) is -0.375. The molecule has 0 unspecified atom stereocenters. The number of rotatable bonds is 2. The van der Waals surface area contributed by atoms with Crippen LogP contribution in [0.3, 0.4) is 0 Å². The summed E-state index contributed by atoms with van der Waals surface area (Å²) in [5.41, 5.74) is 2.22. The molecular formula is C18H20INO2. The summed E-state index contributed by atoms with van der Waals surface area (Å²) < 4.78 is 6.57. The second kappa shape index (κ2) is 6.69. The zero-order chi connectivity index (χ0) is 16.3. The normalized spacial score (nSPS) is 11.1. The lowest BCUT2D eigenvalue weighted by molar-refractivity contribution is 0.0599. The second-order valence-electron chi connectivity index (χ2n) is 6.10. The molecule has 0 saturated carbocycles. The summed E-state index contributed by atoms with van der Waals surface area (Å²) in [6, 6.07) is 15.6. The summed E-state index contributed by atoms with van der Waals surface area (Å²) in [4.78, 5) is 14.3. The SMILES string of the molecule is Cc1ccc(N(C(=O)OC(C)(C)C)c2ccccc2I)cc1. The standard InChI is InChI=1S/C18H20INO2/c1-13-9-11-14(12-10-13)20(17(21)22-18(2,3)4)16-8-6-5-7-15(16)19/h5-12H,1-4H3. The van der Waals surface area contributed by atoms with Gasteiger partial charge >= 0.3 is 6.09 Å². The highest BCUT2D eigenvalue weighted by Crippen LogP contribution is 2.31. The first-order valence-electron chi connectivity index (χ1n) is 7.12. The van der Waals surface area contributed by atoms with Crippen LogP contribution < -0.4 is 4.90 Å². The molecule has 3 nitrogen and oxygen atoms in total. The molecule has 1 amide bonds. The summed E-state index contributed by atoms with van der Waals surface area (Å²) in [5, 5.41) is 0. The van der Waals surface area contributed by atoms with Crippen LogP contribution in [0.2, 0.25) is 0 Å². The van der Waals surface area contributed by atoms with E-state index in [4.69, 9.17) is 4.74 Å². The Morgan fingerprint density at radius 1 is 1.05 bits per heavy atom. The van der Waals surface area contributed by atoms with Gasteiger partial charge in [0.15, 0.2) is 0 Å². The molecule has 0 fully saturated rings. The summed E-state index contributed by atoms with van der Waals surface area (Å²) in [7, 11) is 0. The first-order chi connectivity index (χ1) is 10.3. The van der Waals surface area contributed by atoms with E-state index in [0.717, 1.165) is 20.5 Å². The maximum Gasteiger partial charge on any atom is 0.419 e. The zero-order valence-corrected chi connectivity index (χ0v) is 15.4. The van der Waals surface area contributed by atoms with Gasteiger partial charge in [-0.25, -0.2) is 9.69 Å². The van der Waals surface area contributed by atoms with Crippen LogP contribution >= 0.6 is 22.6 Å². The Kier molecular flexibility index (Phi) is 5.11. The smallest absolute Gasteiger partial charge is 0.419 e. The molecule has 116 valence electrons. The number of carbonyl (C=O) groups excluding carboxylic acids is 1. The highest BCUT2D eigenvalue weighted by atomic mass is 127. The van der Waals surface area contributed by atoms with Crippen LogP contribution in [0, 0.1) is 10.5 Å². The molecule has 0 heterocycles. The first kappa shape index (κ1) is 16.8. The maximum atomic E-state index is 12.7. The number of aryl methyl sites for hydroxylation is 1. The van der Waals surface area contributed by atoms with Gasteiger partial charge in [-0.15, -0.1) is 0 Å². The third-order valence-electron chi connectivity index (χ3n) is 2.96. The Balaban J connectivity index is 2.47. The van der Waals surface area contributed by atoms with Crippen LogP contribution in [0.15, 0.2) is 48.5 Å². The van der Waals surface area contributed by atoms with Crippen molar-refractivity contribution in [1.29, 1.82) is 0 Å². The monoisotopic (exact) mass is 409 g/mol. The lowest BCUT2D eigenvalue weighted by Crippen LogP contribution is -2.34. The van der Waals surface area contributed by atoms with Gasteiger partial charge in [-0.3, -0.25) is 0 Å². The molecule has 2 aromatic carbocycles. The lowest BCUT2D eigenvalue weighted by Gasteiger charge is -2.28. The number of carbonyl (C=O) groups is 1. The molecule has 2 aromatic rings. The van der Waals surface area contributed by atoms with Crippen molar-refractivity contribution >= 4 is 40.1 Å². The van der Waals surface area contributed by atoms with E-state index in [0.29, 0.717) is 0 Å². The molecule has 4 heteroatoms. The molecule has 2 rings (SSSR count). The Labute approximate surface area is 145 Å². The minimum Gasteiger partial charge on any atom is -0.443 e. The van der Waals surface area contributed by atoms with E-state index in [9.17, 15) is 4.79 Å². The molecule has 0 saturated heterocycles. The van der Waals surface area contributed by atoms with Crippen LogP contribution in [0.4, 0.5) is 16.2 Å². The number of anilines is 2. The van der Waals surface area contributed by atoms with Gasteiger partial charge in [-0.1, -0.05) is 29.8 Å². The zero-order valence-electron chi connectivity index (χ0n) is 13.3. The molecule has 0 atom stereocenters. The van der Waals surface area contributed by atoms with Crippen LogP contribution in [0.5, 0.6) is 0 Å². The van der Waals surface area contributed by atoms with Crippen LogP contribution in [-0.2, 0) is 4.74 Å². The number of amides is 1. The number of nitrogens with zero attached hydrogens (tertiary/aromatic N) is 1. The number of halogens is 1. The van der Waals surface area contributed by atoms with Crippen molar-refractivity contribution in [3.8, 4) is 0 Å². The third kappa shape index (κ3) is 4.22. The van der Waals surface area contributed by atoms with E-state index in [-0.39, 0.29) is 6.09 Å². The van der Waals surface area contributed by atoms with Gasteiger partial charge in [0.25, 0.3) is 0 Å². The fraction of sp³-hybridized carbons (Fsp3) is 0.278. The number of hydrogen-bond donors (Lipinski definition) is 0. The van der Waals surface area contributed by atoms with Crippen molar-refractivity contribution in [3.05, 3.63) is 57.7 Å². The molecule has 0 aliphatic carbocycles. The maximum absolute atomic E-state index is 12.7. The largest absolute Gasteiger partial charge is 0.443 e. The fourth-order valence-electron chi connectivity index (χ4n) is 1.98. The quantitative estimate of drug-likeness (QED) is 0.598. The van der Waals surface area contributed by atoms with Gasteiger partial charge in [0, 0.05) is 3.57 Å². The third-order valence-corrected chi connectivity index (χ3v) is 3.87. The first-order valence-corrected chi connectivity index (χ1v) is 8.20. The van der Waals surface area contributed by atoms with Gasteiger partial charge in [0.2, 0.25) is 0 Å². The average Bonchev–Trinajstić information content (AvgIpc) is 2.41. The minimum atomic E-state index is -0.541. The van der Waals surface area contributed by atoms with Gasteiger partial charge in [0.1, 0.15) is 5.60 Å². The molecule has 0 radical (unpaired) electrons. The molecule has 0 spiro atoms. The second-order valence-corrected chi connectivity index (χ2v) is 7.26. The van der Waals surface area contributed by atoms with Crippen molar-refractivity contribution in [2.24, 2.45) is 0 Å². The van der Waals surface area contributed by atoms with E-state index in [2.05, 4.69) is 22.6 Å². The Morgan fingerprint density at radius 3 is 2.18 bits per heavy atom. The predicted molar refractivity (Wildman–Crippen MR) is 98.7 cm³/mol. The highest BCUT2D eigenvalue weighted by molar-refractivity contribution is 14.1. The highest BCUT2D eigenvalue weighted by Gasteiger charge is 2.26. The topological polar surface area (TPSA) is 29.5 Å². The van der Waals surface area contributed by atoms with E-state index in [1.165, 1.54) is 0 Å². The molecule has 0 aliphatic heterocycles. The van der Waals surface area contributed by atoms with Crippen molar-refractivity contribution < 1.29 is 9.53 Å². The van der Waals surface area contributed by atoms with E-state index < -0.39 is 5.60 Å². The Hall–Kier alpha value is -1.56. The van der Waals surface area contributed by atoms with Crippen molar-refractivity contribution in [2.45, 2.75) is 33.3 Å². The number of benzene rings is 2. The van der Waals surface area contributed by atoms with Gasteiger partial charge < -0.3 is 4.74 Å². The van der Waals surface area contributed by atoms with Gasteiger partial charge in [0.05, 0.1) is 11.4 Å². The molecule has 0 bridgehead atoms. The Morgan fingerprint density at radius 2 is 1.64 bits per heavy atom. The molecule has 0 N–H and O–H groups in total.